The molecule has 0 aliphatic carbocycles. The van der Waals surface area contributed by atoms with E-state index in [2.05, 4.69) is 0 Å². The SMILES string of the molecule is OB(O)c1cc(CSc2cc(Cl)ccc2Cl)ccc1F. The Morgan fingerprint density at radius 1 is 1.10 bits per heavy atom. The van der Waals surface area contributed by atoms with Crippen LogP contribution in [0.5, 0.6) is 0 Å². The van der Waals surface area contributed by atoms with E-state index in [9.17, 15) is 4.39 Å². The van der Waals surface area contributed by atoms with Crippen LogP contribution in [0.25, 0.3) is 0 Å². The summed E-state index contributed by atoms with van der Waals surface area (Å²) >= 11 is 13.4. The predicted molar refractivity (Wildman–Crippen MR) is 82.2 cm³/mol. The summed E-state index contributed by atoms with van der Waals surface area (Å²) in [6, 6.07) is 9.38. The Morgan fingerprint density at radius 2 is 1.85 bits per heavy atom. The summed E-state index contributed by atoms with van der Waals surface area (Å²) in [5.41, 5.74) is 0.621. The fourth-order valence-corrected chi connectivity index (χ4v) is 3.07. The van der Waals surface area contributed by atoms with E-state index in [1.807, 2.05) is 0 Å². The van der Waals surface area contributed by atoms with Crippen molar-refractivity contribution in [3.05, 3.63) is 57.8 Å². The summed E-state index contributed by atoms with van der Waals surface area (Å²) in [6.45, 7) is 0. The minimum atomic E-state index is -1.82. The van der Waals surface area contributed by atoms with Crippen molar-refractivity contribution < 1.29 is 14.4 Å². The van der Waals surface area contributed by atoms with Gasteiger partial charge in [-0.15, -0.1) is 11.8 Å². The van der Waals surface area contributed by atoms with Crippen molar-refractivity contribution in [1.29, 1.82) is 0 Å². The molecule has 0 spiro atoms. The standard InChI is InChI=1S/C13H10BCl2FO2S/c15-9-2-3-11(16)13(6-9)20-7-8-1-4-12(17)10(5-8)14(18)19/h1-6,18-19H,7H2. The molecule has 2 rings (SSSR count). The molecule has 0 unspecified atom stereocenters. The molecule has 0 saturated carbocycles. The van der Waals surface area contributed by atoms with Gasteiger partial charge in [0.25, 0.3) is 0 Å². The van der Waals surface area contributed by atoms with Gasteiger partial charge >= 0.3 is 7.12 Å². The van der Waals surface area contributed by atoms with Crippen LogP contribution in [0.15, 0.2) is 41.3 Å². The molecule has 0 aliphatic heterocycles. The Bertz CT molecular complexity index is 625. The average molecular weight is 331 g/mol. The van der Waals surface area contributed by atoms with Crippen LogP contribution in [-0.2, 0) is 5.75 Å². The summed E-state index contributed by atoms with van der Waals surface area (Å²) < 4.78 is 13.3. The van der Waals surface area contributed by atoms with Crippen molar-refractivity contribution in [3.8, 4) is 0 Å². The molecule has 0 amide bonds. The van der Waals surface area contributed by atoms with Gasteiger partial charge < -0.3 is 10.0 Å². The predicted octanol–water partition coefficient (Wildman–Crippen LogP) is 3.10. The molecule has 20 heavy (non-hydrogen) atoms. The zero-order valence-corrected chi connectivity index (χ0v) is 12.5. The van der Waals surface area contributed by atoms with E-state index in [0.29, 0.717) is 15.8 Å². The zero-order chi connectivity index (χ0) is 14.7. The van der Waals surface area contributed by atoms with E-state index in [-0.39, 0.29) is 5.46 Å². The molecule has 2 nitrogen and oxygen atoms in total. The highest BCUT2D eigenvalue weighted by molar-refractivity contribution is 7.98. The van der Waals surface area contributed by atoms with Gasteiger partial charge in [-0.1, -0.05) is 35.3 Å². The normalized spacial score (nSPS) is 10.7. The average Bonchev–Trinajstić information content (AvgIpc) is 2.41. The number of hydrogen-bond acceptors (Lipinski definition) is 3. The van der Waals surface area contributed by atoms with Crippen molar-refractivity contribution in [3.63, 3.8) is 0 Å². The molecule has 0 bridgehead atoms. The molecule has 7 heteroatoms. The van der Waals surface area contributed by atoms with E-state index in [0.717, 1.165) is 10.5 Å². The summed E-state index contributed by atoms with van der Waals surface area (Å²) in [4.78, 5) is 0.814. The number of rotatable bonds is 4. The van der Waals surface area contributed by atoms with Crippen molar-refractivity contribution in [2.24, 2.45) is 0 Å². The quantitative estimate of drug-likeness (QED) is 0.668. The van der Waals surface area contributed by atoms with Gasteiger partial charge in [0, 0.05) is 21.1 Å². The van der Waals surface area contributed by atoms with Crippen LogP contribution in [-0.4, -0.2) is 17.2 Å². The number of hydrogen-bond donors (Lipinski definition) is 2. The van der Waals surface area contributed by atoms with Crippen molar-refractivity contribution in [2.45, 2.75) is 10.6 Å². The van der Waals surface area contributed by atoms with Gasteiger partial charge in [0.1, 0.15) is 5.82 Å². The van der Waals surface area contributed by atoms with Crippen LogP contribution in [0.3, 0.4) is 0 Å². The Balaban J connectivity index is 2.15. The topological polar surface area (TPSA) is 40.5 Å². The molecule has 0 radical (unpaired) electrons. The molecule has 2 aromatic rings. The van der Waals surface area contributed by atoms with Crippen LogP contribution in [0.4, 0.5) is 4.39 Å². The molecule has 0 aromatic heterocycles. The van der Waals surface area contributed by atoms with Crippen LogP contribution < -0.4 is 5.46 Å². The third kappa shape index (κ3) is 3.90. The zero-order valence-electron chi connectivity index (χ0n) is 10.2. The molecule has 0 atom stereocenters. The summed E-state index contributed by atoms with van der Waals surface area (Å²) in [7, 11) is -1.82. The smallest absolute Gasteiger partial charge is 0.423 e. The molecule has 0 fully saturated rings. The Kier molecular flexibility index (Phi) is 5.35. The van der Waals surface area contributed by atoms with Gasteiger partial charge in [0.2, 0.25) is 0 Å². The Morgan fingerprint density at radius 3 is 2.55 bits per heavy atom. The second-order valence-corrected chi connectivity index (χ2v) is 5.95. The first-order chi connectivity index (χ1) is 9.47. The summed E-state index contributed by atoms with van der Waals surface area (Å²) in [5.74, 6) is -0.130. The maximum atomic E-state index is 13.3. The van der Waals surface area contributed by atoms with Gasteiger partial charge in [-0.2, -0.15) is 0 Å². The van der Waals surface area contributed by atoms with E-state index >= 15 is 0 Å². The van der Waals surface area contributed by atoms with Gasteiger partial charge in [0.05, 0.1) is 5.02 Å². The minimum absolute atomic E-state index is 0.139. The molecule has 2 N–H and O–H groups in total. The fraction of sp³-hybridized carbons (Fsp3) is 0.0769. The first-order valence-electron chi connectivity index (χ1n) is 5.69. The lowest BCUT2D eigenvalue weighted by Gasteiger charge is -2.07. The highest BCUT2D eigenvalue weighted by Crippen LogP contribution is 2.31. The lowest BCUT2D eigenvalue weighted by molar-refractivity contribution is 0.423. The number of halogens is 3. The lowest BCUT2D eigenvalue weighted by atomic mass is 9.79. The second kappa shape index (κ2) is 6.83. The Labute approximate surface area is 130 Å². The van der Waals surface area contributed by atoms with Crippen LogP contribution in [0, 0.1) is 5.82 Å². The maximum absolute atomic E-state index is 13.3. The van der Waals surface area contributed by atoms with E-state index in [1.54, 1.807) is 24.3 Å². The van der Waals surface area contributed by atoms with Crippen molar-refractivity contribution in [1.82, 2.24) is 0 Å². The van der Waals surface area contributed by atoms with Gasteiger partial charge in [0.15, 0.2) is 0 Å². The first kappa shape index (κ1) is 15.7. The first-order valence-corrected chi connectivity index (χ1v) is 7.44. The highest BCUT2D eigenvalue weighted by Gasteiger charge is 2.16. The molecule has 104 valence electrons. The minimum Gasteiger partial charge on any atom is -0.423 e. The van der Waals surface area contributed by atoms with Crippen LogP contribution >= 0.6 is 35.0 Å². The number of benzene rings is 2. The Hall–Kier alpha value is -0.715. The van der Waals surface area contributed by atoms with E-state index < -0.39 is 12.9 Å². The number of thioether (sulfide) groups is 1. The molecular weight excluding hydrogens is 321 g/mol. The fourth-order valence-electron chi connectivity index (χ4n) is 1.63. The summed E-state index contributed by atoms with van der Waals surface area (Å²) in [6.07, 6.45) is 0. The second-order valence-electron chi connectivity index (χ2n) is 4.09. The molecule has 0 saturated heterocycles. The third-order valence-corrected chi connectivity index (χ3v) is 4.43. The monoisotopic (exact) mass is 330 g/mol. The lowest BCUT2D eigenvalue weighted by Crippen LogP contribution is -2.33. The highest BCUT2D eigenvalue weighted by atomic mass is 35.5. The van der Waals surface area contributed by atoms with Gasteiger partial charge in [-0.05, 0) is 29.8 Å². The molecule has 2 aromatic carbocycles. The van der Waals surface area contributed by atoms with Crippen LogP contribution in [0.2, 0.25) is 10.0 Å². The molecular formula is C13H10BCl2FO2S. The van der Waals surface area contributed by atoms with Crippen molar-refractivity contribution >= 4 is 47.5 Å². The molecule has 0 aliphatic rings. The summed E-state index contributed by atoms with van der Waals surface area (Å²) in [5, 5.41) is 19.3. The van der Waals surface area contributed by atoms with Gasteiger partial charge in [-0.3, -0.25) is 0 Å². The molecule has 0 heterocycles. The van der Waals surface area contributed by atoms with Crippen LogP contribution in [0.1, 0.15) is 5.56 Å². The van der Waals surface area contributed by atoms with Crippen molar-refractivity contribution in [2.75, 3.05) is 0 Å². The maximum Gasteiger partial charge on any atom is 0.491 e. The largest absolute Gasteiger partial charge is 0.491 e. The third-order valence-electron chi connectivity index (χ3n) is 2.63. The van der Waals surface area contributed by atoms with Gasteiger partial charge in [-0.25, -0.2) is 4.39 Å². The van der Waals surface area contributed by atoms with E-state index in [1.165, 1.54) is 23.9 Å². The van der Waals surface area contributed by atoms with E-state index in [4.69, 9.17) is 33.2 Å².